The molecule has 0 aromatic carbocycles. The van der Waals surface area contributed by atoms with E-state index in [9.17, 15) is 8.42 Å². The molecule has 0 spiro atoms. The zero-order chi connectivity index (χ0) is 19.0. The Morgan fingerprint density at radius 1 is 1.00 bits per heavy atom. The number of aromatic nitrogens is 4. The van der Waals surface area contributed by atoms with Gasteiger partial charge in [-0.25, -0.2) is 13.1 Å². The van der Waals surface area contributed by atoms with Crippen LogP contribution in [0.4, 0.5) is 5.82 Å². The summed E-state index contributed by atoms with van der Waals surface area (Å²) in [6.45, 7) is 5.94. The molecule has 142 valence electrons. The molecule has 0 unspecified atom stereocenters. The number of rotatable bonds is 4. The molecule has 0 N–H and O–H groups in total. The monoisotopic (exact) mass is 404 g/mol. The average Bonchev–Trinajstić information content (AvgIpc) is 3.32. The minimum atomic E-state index is -3.39. The van der Waals surface area contributed by atoms with Crippen LogP contribution in [0.2, 0.25) is 0 Å². The molecule has 1 fully saturated rings. The number of thiophene rings is 1. The minimum absolute atomic E-state index is 0.394. The van der Waals surface area contributed by atoms with Crippen LogP contribution in [0.25, 0.3) is 5.82 Å². The number of hydrogen-bond acceptors (Lipinski definition) is 7. The molecule has 27 heavy (non-hydrogen) atoms. The summed E-state index contributed by atoms with van der Waals surface area (Å²) in [4.78, 5) is 2.05. The topological polar surface area (TPSA) is 84.2 Å². The first-order valence-electron chi connectivity index (χ1n) is 8.61. The molecule has 4 heterocycles. The second-order valence-electron chi connectivity index (χ2n) is 6.41. The van der Waals surface area contributed by atoms with Crippen molar-refractivity contribution in [1.82, 2.24) is 24.3 Å². The highest BCUT2D eigenvalue weighted by molar-refractivity contribution is 7.91. The molecule has 10 heteroatoms. The largest absolute Gasteiger partial charge is 0.352 e. The van der Waals surface area contributed by atoms with E-state index in [0.29, 0.717) is 36.2 Å². The number of aryl methyl sites for hydroxylation is 2. The highest BCUT2D eigenvalue weighted by Crippen LogP contribution is 2.23. The molecule has 0 radical (unpaired) electrons. The number of sulfonamides is 1. The molecule has 1 aliphatic rings. The summed E-state index contributed by atoms with van der Waals surface area (Å²) < 4.78 is 28.9. The maximum Gasteiger partial charge on any atom is 0.252 e. The lowest BCUT2D eigenvalue weighted by Gasteiger charge is -2.34. The summed E-state index contributed by atoms with van der Waals surface area (Å²) in [6.07, 6.45) is 0. The molecule has 0 atom stereocenters. The molecule has 0 saturated carbocycles. The molecule has 1 saturated heterocycles. The Labute approximate surface area is 162 Å². The van der Waals surface area contributed by atoms with Crippen LogP contribution in [-0.2, 0) is 10.0 Å². The van der Waals surface area contributed by atoms with Gasteiger partial charge >= 0.3 is 0 Å². The third-order valence-electron chi connectivity index (χ3n) is 4.51. The van der Waals surface area contributed by atoms with Gasteiger partial charge in [0.1, 0.15) is 4.21 Å². The van der Waals surface area contributed by atoms with E-state index >= 15 is 0 Å². The van der Waals surface area contributed by atoms with Crippen molar-refractivity contribution in [1.29, 1.82) is 0 Å². The number of anilines is 1. The van der Waals surface area contributed by atoms with Gasteiger partial charge in [-0.15, -0.1) is 21.5 Å². The number of piperazine rings is 1. The van der Waals surface area contributed by atoms with Crippen LogP contribution in [0.1, 0.15) is 11.4 Å². The predicted octanol–water partition coefficient (Wildman–Crippen LogP) is 1.85. The van der Waals surface area contributed by atoms with E-state index in [1.165, 1.54) is 15.6 Å². The molecule has 0 amide bonds. The van der Waals surface area contributed by atoms with Crippen LogP contribution in [0.3, 0.4) is 0 Å². The summed E-state index contributed by atoms with van der Waals surface area (Å²) in [5, 5.41) is 14.8. The third kappa shape index (κ3) is 3.47. The van der Waals surface area contributed by atoms with Gasteiger partial charge in [-0.1, -0.05) is 6.07 Å². The predicted molar refractivity (Wildman–Crippen MR) is 104 cm³/mol. The third-order valence-corrected chi connectivity index (χ3v) is 7.79. The van der Waals surface area contributed by atoms with Crippen LogP contribution in [0.15, 0.2) is 39.9 Å². The van der Waals surface area contributed by atoms with Crippen molar-refractivity contribution in [3.05, 3.63) is 47.1 Å². The quantitative estimate of drug-likeness (QED) is 0.660. The Morgan fingerprint density at radius 3 is 2.26 bits per heavy atom. The Kier molecular flexibility index (Phi) is 4.70. The first-order valence-corrected chi connectivity index (χ1v) is 10.9. The summed E-state index contributed by atoms with van der Waals surface area (Å²) in [5.41, 5.74) is 1.93. The van der Waals surface area contributed by atoms with Crippen LogP contribution in [-0.4, -0.2) is 58.9 Å². The first kappa shape index (κ1) is 18.1. The highest BCUT2D eigenvalue weighted by atomic mass is 32.2. The molecular formula is C17H20N6O2S2. The van der Waals surface area contributed by atoms with Crippen molar-refractivity contribution in [2.24, 2.45) is 0 Å². The zero-order valence-corrected chi connectivity index (χ0v) is 16.7. The van der Waals surface area contributed by atoms with Gasteiger partial charge in [0, 0.05) is 31.9 Å². The Hall–Kier alpha value is -2.30. The van der Waals surface area contributed by atoms with Gasteiger partial charge in [0.05, 0.1) is 5.69 Å². The number of hydrogen-bond donors (Lipinski definition) is 0. The van der Waals surface area contributed by atoms with E-state index < -0.39 is 10.0 Å². The molecule has 0 bridgehead atoms. The maximum atomic E-state index is 12.6. The van der Waals surface area contributed by atoms with Crippen molar-refractivity contribution in [2.75, 3.05) is 31.1 Å². The minimum Gasteiger partial charge on any atom is -0.352 e. The second-order valence-corrected chi connectivity index (χ2v) is 9.52. The molecule has 8 nitrogen and oxygen atoms in total. The lowest BCUT2D eigenvalue weighted by Crippen LogP contribution is -2.48. The first-order chi connectivity index (χ1) is 12.9. The summed E-state index contributed by atoms with van der Waals surface area (Å²) >= 11 is 1.25. The lowest BCUT2D eigenvalue weighted by atomic mass is 10.3. The Balaban J connectivity index is 1.45. The van der Waals surface area contributed by atoms with Crippen molar-refractivity contribution in [2.45, 2.75) is 18.1 Å². The van der Waals surface area contributed by atoms with Crippen molar-refractivity contribution >= 4 is 27.2 Å². The highest BCUT2D eigenvalue weighted by Gasteiger charge is 2.29. The van der Waals surface area contributed by atoms with Gasteiger partial charge in [-0.05, 0) is 43.5 Å². The van der Waals surface area contributed by atoms with Crippen molar-refractivity contribution in [3.63, 3.8) is 0 Å². The number of nitrogens with zero attached hydrogens (tertiary/aromatic N) is 6. The van der Waals surface area contributed by atoms with Crippen LogP contribution in [0.5, 0.6) is 0 Å². The molecule has 3 aromatic heterocycles. The second kappa shape index (κ2) is 7.02. The fourth-order valence-corrected chi connectivity index (χ4v) is 5.72. The van der Waals surface area contributed by atoms with E-state index in [1.807, 2.05) is 32.0 Å². The van der Waals surface area contributed by atoms with Crippen LogP contribution >= 0.6 is 11.3 Å². The molecule has 0 aliphatic carbocycles. The lowest BCUT2D eigenvalue weighted by molar-refractivity contribution is 0.384. The van der Waals surface area contributed by atoms with E-state index in [0.717, 1.165) is 17.2 Å². The van der Waals surface area contributed by atoms with E-state index in [1.54, 1.807) is 22.2 Å². The van der Waals surface area contributed by atoms with Gasteiger partial charge < -0.3 is 4.90 Å². The summed E-state index contributed by atoms with van der Waals surface area (Å²) in [6, 6.07) is 9.19. The fourth-order valence-electron chi connectivity index (χ4n) is 3.16. The van der Waals surface area contributed by atoms with E-state index in [4.69, 9.17) is 0 Å². The SMILES string of the molecule is Cc1cc(C)n(-c2ccc(N3CCN(S(=O)(=O)c4cccs4)CC3)nn2)n1. The van der Waals surface area contributed by atoms with Gasteiger partial charge in [-0.3, -0.25) is 0 Å². The van der Waals surface area contributed by atoms with Crippen LogP contribution < -0.4 is 4.90 Å². The fraction of sp³-hybridized carbons (Fsp3) is 0.353. The smallest absolute Gasteiger partial charge is 0.252 e. The van der Waals surface area contributed by atoms with Gasteiger partial charge in [0.2, 0.25) is 0 Å². The van der Waals surface area contributed by atoms with E-state index in [2.05, 4.69) is 20.2 Å². The summed E-state index contributed by atoms with van der Waals surface area (Å²) in [7, 11) is -3.39. The van der Waals surface area contributed by atoms with Crippen molar-refractivity contribution in [3.8, 4) is 5.82 Å². The van der Waals surface area contributed by atoms with E-state index in [-0.39, 0.29) is 0 Å². The Bertz CT molecular complexity index is 1020. The molecule has 4 rings (SSSR count). The molecule has 1 aliphatic heterocycles. The zero-order valence-electron chi connectivity index (χ0n) is 15.1. The normalized spacial score (nSPS) is 16.0. The van der Waals surface area contributed by atoms with Crippen LogP contribution in [0, 0.1) is 13.8 Å². The van der Waals surface area contributed by atoms with Gasteiger partial charge in [-0.2, -0.15) is 9.40 Å². The standard InChI is InChI=1S/C17H20N6O2S2/c1-13-12-14(2)23(20-13)16-6-5-15(18-19-16)21-7-9-22(10-8-21)27(24,25)17-4-3-11-26-17/h3-6,11-12H,7-10H2,1-2H3. The average molecular weight is 405 g/mol. The Morgan fingerprint density at radius 2 is 1.70 bits per heavy atom. The van der Waals surface area contributed by atoms with Crippen molar-refractivity contribution < 1.29 is 8.42 Å². The maximum absolute atomic E-state index is 12.6. The summed E-state index contributed by atoms with van der Waals surface area (Å²) in [5.74, 6) is 1.41. The molecular weight excluding hydrogens is 384 g/mol. The molecule has 3 aromatic rings. The van der Waals surface area contributed by atoms with Gasteiger partial charge in [0.25, 0.3) is 10.0 Å². The van der Waals surface area contributed by atoms with Gasteiger partial charge in [0.15, 0.2) is 11.6 Å².